The summed E-state index contributed by atoms with van der Waals surface area (Å²) in [6, 6.07) is 16.6. The van der Waals surface area contributed by atoms with E-state index in [1.54, 1.807) is 16.9 Å². The fraction of sp³-hybridized carbons (Fsp3) is 0.364. The maximum absolute atomic E-state index is 12.9. The van der Waals surface area contributed by atoms with Crippen molar-refractivity contribution in [2.45, 2.75) is 32.2 Å². The minimum atomic E-state index is -0.213. The van der Waals surface area contributed by atoms with Gasteiger partial charge >= 0.3 is 6.03 Å². The molecule has 0 aliphatic carbocycles. The van der Waals surface area contributed by atoms with E-state index in [9.17, 15) is 9.59 Å². The highest BCUT2D eigenvalue weighted by Crippen LogP contribution is 2.24. The Morgan fingerprint density at radius 2 is 1.89 bits per heavy atom. The predicted molar refractivity (Wildman–Crippen MR) is 111 cm³/mol. The molecule has 2 aromatic carbocycles. The minimum Gasteiger partial charge on any atom is -0.497 e. The SMILES string of the molecule is CCCCN(C(=O)NC1CC(=O)N(c2ccc(OC)cc2)C1)c1ccccc1. The molecule has 0 radical (unpaired) electrons. The summed E-state index contributed by atoms with van der Waals surface area (Å²) in [5.74, 6) is 0.755. The molecule has 28 heavy (non-hydrogen) atoms. The quantitative estimate of drug-likeness (QED) is 0.793. The molecule has 3 amide bonds. The van der Waals surface area contributed by atoms with E-state index in [0.717, 1.165) is 30.0 Å². The molecule has 0 bridgehead atoms. The molecule has 1 saturated heterocycles. The number of para-hydroxylation sites is 1. The monoisotopic (exact) mass is 381 g/mol. The molecule has 1 atom stereocenters. The first-order chi connectivity index (χ1) is 13.6. The standard InChI is InChI=1S/C22H27N3O3/c1-3-4-14-24(18-8-6-5-7-9-18)22(27)23-17-15-21(26)25(16-17)19-10-12-20(28-2)13-11-19/h5-13,17H,3-4,14-16H2,1-2H3,(H,23,27). The van der Waals surface area contributed by atoms with Crippen LogP contribution in [-0.4, -0.2) is 38.2 Å². The van der Waals surface area contributed by atoms with Gasteiger partial charge < -0.3 is 15.0 Å². The van der Waals surface area contributed by atoms with Gasteiger partial charge in [-0.3, -0.25) is 9.69 Å². The molecule has 3 rings (SSSR count). The van der Waals surface area contributed by atoms with Gasteiger partial charge in [0, 0.05) is 30.9 Å². The van der Waals surface area contributed by atoms with Crippen molar-refractivity contribution in [1.29, 1.82) is 0 Å². The topological polar surface area (TPSA) is 61.9 Å². The smallest absolute Gasteiger partial charge is 0.322 e. The molecule has 148 valence electrons. The van der Waals surface area contributed by atoms with E-state index in [-0.39, 0.29) is 18.0 Å². The molecule has 6 heteroatoms. The molecule has 2 aromatic rings. The van der Waals surface area contributed by atoms with Crippen molar-refractivity contribution in [1.82, 2.24) is 5.32 Å². The number of urea groups is 1. The second-order valence-electron chi connectivity index (χ2n) is 6.89. The summed E-state index contributed by atoms with van der Waals surface area (Å²) < 4.78 is 5.17. The Kier molecular flexibility index (Phi) is 6.53. The van der Waals surface area contributed by atoms with E-state index in [2.05, 4.69) is 12.2 Å². The number of nitrogens with one attached hydrogen (secondary N) is 1. The van der Waals surface area contributed by atoms with Gasteiger partial charge in [0.1, 0.15) is 5.75 Å². The van der Waals surface area contributed by atoms with Gasteiger partial charge in [-0.2, -0.15) is 0 Å². The van der Waals surface area contributed by atoms with E-state index in [1.807, 2.05) is 54.6 Å². The zero-order valence-corrected chi connectivity index (χ0v) is 16.4. The largest absolute Gasteiger partial charge is 0.497 e. The Balaban J connectivity index is 1.66. The normalized spacial score (nSPS) is 16.1. The molecule has 1 heterocycles. The van der Waals surface area contributed by atoms with Gasteiger partial charge in [0.2, 0.25) is 5.91 Å². The number of anilines is 2. The van der Waals surface area contributed by atoms with Crippen LogP contribution in [0.5, 0.6) is 5.75 Å². The van der Waals surface area contributed by atoms with Crippen LogP contribution in [0.15, 0.2) is 54.6 Å². The van der Waals surface area contributed by atoms with E-state index in [0.29, 0.717) is 19.5 Å². The van der Waals surface area contributed by atoms with Crippen molar-refractivity contribution in [2.75, 3.05) is 30.0 Å². The number of unbranched alkanes of at least 4 members (excludes halogenated alkanes) is 1. The lowest BCUT2D eigenvalue weighted by Crippen LogP contribution is -2.46. The van der Waals surface area contributed by atoms with Gasteiger partial charge in [0.05, 0.1) is 13.2 Å². The summed E-state index contributed by atoms with van der Waals surface area (Å²) in [5.41, 5.74) is 1.68. The van der Waals surface area contributed by atoms with Crippen LogP contribution in [0.3, 0.4) is 0 Å². The van der Waals surface area contributed by atoms with Crippen LogP contribution in [-0.2, 0) is 4.79 Å². The molecule has 1 unspecified atom stereocenters. The second kappa shape index (κ2) is 9.26. The number of carbonyl (C=O) groups excluding carboxylic acids is 2. The van der Waals surface area contributed by atoms with Crippen molar-refractivity contribution in [3.05, 3.63) is 54.6 Å². The lowest BCUT2D eigenvalue weighted by molar-refractivity contribution is -0.117. The average Bonchev–Trinajstić information content (AvgIpc) is 3.09. The minimum absolute atomic E-state index is 0.00952. The molecule has 1 N–H and O–H groups in total. The van der Waals surface area contributed by atoms with Crippen molar-refractivity contribution in [3.8, 4) is 5.75 Å². The Morgan fingerprint density at radius 1 is 1.18 bits per heavy atom. The molecule has 0 aromatic heterocycles. The van der Waals surface area contributed by atoms with Crippen molar-refractivity contribution in [3.63, 3.8) is 0 Å². The first-order valence-electron chi connectivity index (χ1n) is 9.70. The zero-order valence-electron chi connectivity index (χ0n) is 16.4. The van der Waals surface area contributed by atoms with E-state index in [4.69, 9.17) is 4.74 Å². The summed E-state index contributed by atoms with van der Waals surface area (Å²) >= 11 is 0. The fourth-order valence-corrected chi connectivity index (χ4v) is 3.34. The Labute approximate surface area is 166 Å². The average molecular weight is 381 g/mol. The first-order valence-corrected chi connectivity index (χ1v) is 9.70. The van der Waals surface area contributed by atoms with Gasteiger partial charge in [-0.25, -0.2) is 4.79 Å². The second-order valence-corrected chi connectivity index (χ2v) is 6.89. The third kappa shape index (κ3) is 4.63. The number of ether oxygens (including phenoxy) is 1. The number of benzene rings is 2. The van der Waals surface area contributed by atoms with Gasteiger partial charge in [-0.05, 0) is 42.8 Å². The molecule has 1 fully saturated rings. The Morgan fingerprint density at radius 3 is 2.54 bits per heavy atom. The number of amides is 3. The number of methoxy groups -OCH3 is 1. The Hall–Kier alpha value is -3.02. The lowest BCUT2D eigenvalue weighted by atomic mass is 10.2. The van der Waals surface area contributed by atoms with E-state index >= 15 is 0 Å². The fourth-order valence-electron chi connectivity index (χ4n) is 3.34. The van der Waals surface area contributed by atoms with Gasteiger partial charge in [0.15, 0.2) is 0 Å². The number of hydrogen-bond donors (Lipinski definition) is 1. The highest BCUT2D eigenvalue weighted by Gasteiger charge is 2.32. The van der Waals surface area contributed by atoms with Crippen LogP contribution >= 0.6 is 0 Å². The van der Waals surface area contributed by atoms with Gasteiger partial charge in [-0.15, -0.1) is 0 Å². The van der Waals surface area contributed by atoms with Crippen molar-refractivity contribution < 1.29 is 14.3 Å². The summed E-state index contributed by atoms with van der Waals surface area (Å²) in [7, 11) is 1.61. The summed E-state index contributed by atoms with van der Waals surface area (Å²) in [4.78, 5) is 28.8. The van der Waals surface area contributed by atoms with Crippen LogP contribution in [0, 0.1) is 0 Å². The molecular formula is C22H27N3O3. The highest BCUT2D eigenvalue weighted by molar-refractivity contribution is 5.98. The number of carbonyl (C=O) groups is 2. The van der Waals surface area contributed by atoms with Crippen LogP contribution < -0.4 is 19.9 Å². The number of hydrogen-bond acceptors (Lipinski definition) is 3. The van der Waals surface area contributed by atoms with Gasteiger partial charge in [-0.1, -0.05) is 31.5 Å². The maximum Gasteiger partial charge on any atom is 0.322 e. The molecule has 6 nitrogen and oxygen atoms in total. The molecule has 0 saturated carbocycles. The molecule has 1 aliphatic heterocycles. The molecule has 0 spiro atoms. The van der Waals surface area contributed by atoms with E-state index < -0.39 is 0 Å². The first kappa shape index (κ1) is 19.7. The van der Waals surface area contributed by atoms with E-state index in [1.165, 1.54) is 0 Å². The van der Waals surface area contributed by atoms with Crippen LogP contribution in [0.1, 0.15) is 26.2 Å². The zero-order chi connectivity index (χ0) is 19.9. The van der Waals surface area contributed by atoms with Crippen LogP contribution in [0.4, 0.5) is 16.2 Å². The number of nitrogens with zero attached hydrogens (tertiary/aromatic N) is 2. The van der Waals surface area contributed by atoms with Crippen LogP contribution in [0.2, 0.25) is 0 Å². The summed E-state index contributed by atoms with van der Waals surface area (Å²) in [5, 5.41) is 3.04. The van der Waals surface area contributed by atoms with Crippen molar-refractivity contribution >= 4 is 23.3 Å². The van der Waals surface area contributed by atoms with Gasteiger partial charge in [0.25, 0.3) is 0 Å². The van der Waals surface area contributed by atoms with Crippen molar-refractivity contribution in [2.24, 2.45) is 0 Å². The number of rotatable bonds is 7. The molecule has 1 aliphatic rings. The lowest BCUT2D eigenvalue weighted by Gasteiger charge is -2.25. The molecular weight excluding hydrogens is 354 g/mol. The Bertz CT molecular complexity index is 792. The summed E-state index contributed by atoms with van der Waals surface area (Å²) in [6.07, 6.45) is 2.22. The van der Waals surface area contributed by atoms with Crippen LogP contribution in [0.25, 0.3) is 0 Å². The third-order valence-corrected chi connectivity index (χ3v) is 4.89. The summed E-state index contributed by atoms with van der Waals surface area (Å²) in [6.45, 7) is 3.21. The highest BCUT2D eigenvalue weighted by atomic mass is 16.5. The third-order valence-electron chi connectivity index (χ3n) is 4.89. The maximum atomic E-state index is 12.9. The predicted octanol–water partition coefficient (Wildman–Crippen LogP) is 3.82.